The highest BCUT2D eigenvalue weighted by Crippen LogP contribution is 2.24. The summed E-state index contributed by atoms with van der Waals surface area (Å²) in [7, 11) is -3.61. The molecule has 0 fully saturated rings. The molecule has 0 spiro atoms. The van der Waals surface area contributed by atoms with E-state index in [0.717, 1.165) is 5.69 Å². The minimum Gasteiger partial charge on any atom is -0.588 e. The maximum absolute atomic E-state index is 12.3. The number of rotatable bonds is 6. The highest BCUT2D eigenvalue weighted by molar-refractivity contribution is 7.99. The van der Waals surface area contributed by atoms with E-state index in [2.05, 4.69) is 34.1 Å². The van der Waals surface area contributed by atoms with Crippen LogP contribution in [-0.4, -0.2) is 9.54 Å². The topological polar surface area (TPSA) is 77.1 Å². The Morgan fingerprint density at radius 3 is 2.46 bits per heavy atom. The van der Waals surface area contributed by atoms with Crippen molar-refractivity contribution in [2.45, 2.75) is 17.9 Å². The molecule has 5 nitrogen and oxygen atoms in total. The van der Waals surface area contributed by atoms with Crippen molar-refractivity contribution in [3.05, 3.63) is 71.7 Å². The third-order valence-corrected chi connectivity index (χ3v) is 5.67. The normalized spacial score (nSPS) is 14.6. The summed E-state index contributed by atoms with van der Waals surface area (Å²) in [4.78, 5) is 4.14. The fourth-order valence-corrected chi connectivity index (χ4v) is 4.04. The summed E-state index contributed by atoms with van der Waals surface area (Å²) in [6.07, 6.45) is 1.56. The van der Waals surface area contributed by atoms with Crippen LogP contribution in [0.3, 0.4) is 0 Å². The molecule has 3 aromatic rings. The predicted molar refractivity (Wildman–Crippen MR) is 97.8 cm³/mol. The Kier molecular flexibility index (Phi) is 4.94. The Balaban J connectivity index is 1.70. The van der Waals surface area contributed by atoms with Crippen LogP contribution >= 0.6 is 11.3 Å². The number of thiazole rings is 1. The van der Waals surface area contributed by atoms with Crippen molar-refractivity contribution in [3.8, 4) is 0 Å². The van der Waals surface area contributed by atoms with E-state index in [1.165, 1.54) is 16.9 Å². The van der Waals surface area contributed by atoms with E-state index in [0.29, 0.717) is 5.13 Å². The lowest BCUT2D eigenvalue weighted by Crippen LogP contribution is -2.20. The number of hydrogen-bond donors (Lipinski definition) is 2. The lowest BCUT2D eigenvalue weighted by Gasteiger charge is -2.17. The van der Waals surface area contributed by atoms with Crippen LogP contribution in [0.1, 0.15) is 18.5 Å². The molecule has 0 aliphatic heterocycles. The SMILES string of the molecule is CC(Nc1ccc([S+](=O)([O-])Nc2nccs2)cc1)c1ccccc1. The van der Waals surface area contributed by atoms with Crippen LogP contribution in [-0.2, 0) is 14.6 Å². The number of benzene rings is 2. The van der Waals surface area contributed by atoms with Crippen molar-refractivity contribution in [3.63, 3.8) is 0 Å². The van der Waals surface area contributed by atoms with E-state index in [1.807, 2.05) is 18.2 Å². The molecule has 2 unspecified atom stereocenters. The van der Waals surface area contributed by atoms with Crippen LogP contribution in [0.5, 0.6) is 0 Å². The molecule has 0 radical (unpaired) electrons. The van der Waals surface area contributed by atoms with Gasteiger partial charge in [-0.05, 0) is 36.8 Å². The molecule has 2 aromatic carbocycles. The van der Waals surface area contributed by atoms with E-state index in [1.54, 1.807) is 35.8 Å². The molecule has 3 rings (SSSR count). The fraction of sp³-hybridized carbons (Fsp3) is 0.118. The monoisotopic (exact) mass is 359 g/mol. The lowest BCUT2D eigenvalue weighted by atomic mass is 10.1. The van der Waals surface area contributed by atoms with Gasteiger partial charge in [-0.15, -0.1) is 11.3 Å². The minimum absolute atomic E-state index is 0.127. The van der Waals surface area contributed by atoms with Crippen molar-refractivity contribution in [1.82, 2.24) is 4.98 Å². The van der Waals surface area contributed by atoms with Gasteiger partial charge in [0.2, 0.25) is 5.13 Å². The average Bonchev–Trinajstić information content (AvgIpc) is 3.08. The van der Waals surface area contributed by atoms with Crippen molar-refractivity contribution < 1.29 is 8.76 Å². The van der Waals surface area contributed by atoms with Crippen LogP contribution in [0.15, 0.2) is 71.1 Å². The van der Waals surface area contributed by atoms with Crippen LogP contribution in [0.4, 0.5) is 10.8 Å². The standard InChI is InChI=1S/C17H17N3O2S2/c1-13(14-5-3-2-4-6-14)19-15-7-9-16(10-8-15)24(21,22)20-17-18-11-12-23-17/h2-13,19H,1H3,(H-,18,20,21,22). The molecule has 2 N–H and O–H groups in total. The molecule has 1 heterocycles. The summed E-state index contributed by atoms with van der Waals surface area (Å²) in [5.41, 5.74) is 2.03. The van der Waals surface area contributed by atoms with Gasteiger partial charge in [-0.2, -0.15) is 4.72 Å². The van der Waals surface area contributed by atoms with E-state index >= 15 is 0 Å². The number of nitrogens with zero attached hydrogens (tertiary/aromatic N) is 1. The molecule has 0 saturated carbocycles. The summed E-state index contributed by atoms with van der Waals surface area (Å²) in [5, 5.41) is 5.43. The van der Waals surface area contributed by atoms with Gasteiger partial charge in [-0.1, -0.05) is 34.5 Å². The van der Waals surface area contributed by atoms with Gasteiger partial charge in [-0.25, -0.2) is 4.98 Å². The van der Waals surface area contributed by atoms with Crippen LogP contribution in [0, 0.1) is 0 Å². The second-order valence-corrected chi connectivity index (χ2v) is 7.82. The molecule has 0 saturated heterocycles. The van der Waals surface area contributed by atoms with Gasteiger partial charge in [0.1, 0.15) is 0 Å². The molecule has 24 heavy (non-hydrogen) atoms. The number of anilines is 2. The third kappa shape index (κ3) is 4.00. The predicted octanol–water partition coefficient (Wildman–Crippen LogP) is 4.33. The average molecular weight is 359 g/mol. The lowest BCUT2D eigenvalue weighted by molar-refractivity contribution is 0.483. The number of hydrogen-bond acceptors (Lipinski definition) is 5. The molecule has 124 valence electrons. The van der Waals surface area contributed by atoms with Gasteiger partial charge in [0.05, 0.1) is 0 Å². The Morgan fingerprint density at radius 2 is 1.83 bits per heavy atom. The third-order valence-electron chi connectivity index (χ3n) is 3.50. The van der Waals surface area contributed by atoms with Gasteiger partial charge in [-0.3, -0.25) is 0 Å². The summed E-state index contributed by atoms with van der Waals surface area (Å²) in [6.45, 7) is 2.06. The summed E-state index contributed by atoms with van der Waals surface area (Å²) in [5.74, 6) is 0. The molecular formula is C17H17N3O2S2. The smallest absolute Gasteiger partial charge is 0.225 e. The highest BCUT2D eigenvalue weighted by Gasteiger charge is 2.21. The second-order valence-electron chi connectivity index (χ2n) is 5.24. The Hall–Kier alpha value is -2.22. The van der Waals surface area contributed by atoms with Crippen molar-refractivity contribution in [2.24, 2.45) is 0 Å². The van der Waals surface area contributed by atoms with E-state index in [-0.39, 0.29) is 10.9 Å². The summed E-state index contributed by atoms with van der Waals surface area (Å²) < 4.78 is 27.0. The van der Waals surface area contributed by atoms with Crippen LogP contribution < -0.4 is 10.0 Å². The molecule has 0 aliphatic rings. The van der Waals surface area contributed by atoms with Crippen LogP contribution in [0.25, 0.3) is 0 Å². The minimum atomic E-state index is -3.61. The molecule has 0 aliphatic carbocycles. The van der Waals surface area contributed by atoms with Gasteiger partial charge in [0, 0.05) is 23.3 Å². The fourth-order valence-electron chi connectivity index (χ4n) is 2.25. The zero-order valence-electron chi connectivity index (χ0n) is 13.0. The Labute approximate surface area is 146 Å². The zero-order valence-corrected chi connectivity index (χ0v) is 14.6. The molecule has 1 aromatic heterocycles. The molecule has 0 bridgehead atoms. The van der Waals surface area contributed by atoms with E-state index < -0.39 is 10.4 Å². The summed E-state index contributed by atoms with van der Waals surface area (Å²) >= 11 is 1.24. The van der Waals surface area contributed by atoms with Crippen molar-refractivity contribution in [2.75, 3.05) is 10.0 Å². The van der Waals surface area contributed by atoms with Gasteiger partial charge >= 0.3 is 0 Å². The number of sulfonamides is 1. The quantitative estimate of drug-likeness (QED) is 0.642. The van der Waals surface area contributed by atoms with Crippen molar-refractivity contribution in [1.29, 1.82) is 0 Å². The first-order chi connectivity index (χ1) is 11.5. The Bertz CT molecular complexity index is 821. The largest absolute Gasteiger partial charge is 0.588 e. The first-order valence-corrected chi connectivity index (χ1v) is 9.75. The maximum atomic E-state index is 12.3. The van der Waals surface area contributed by atoms with Crippen LogP contribution in [0.2, 0.25) is 0 Å². The molecule has 0 amide bonds. The van der Waals surface area contributed by atoms with Crippen molar-refractivity contribution >= 4 is 32.6 Å². The first kappa shape index (κ1) is 16.6. The van der Waals surface area contributed by atoms with E-state index in [9.17, 15) is 8.76 Å². The van der Waals surface area contributed by atoms with Gasteiger partial charge in [0.25, 0.3) is 0 Å². The Morgan fingerprint density at radius 1 is 1.12 bits per heavy atom. The number of nitrogens with one attached hydrogen (secondary N) is 2. The zero-order chi connectivity index (χ0) is 17.0. The first-order valence-electron chi connectivity index (χ1n) is 7.38. The summed E-state index contributed by atoms with van der Waals surface area (Å²) in [6, 6.07) is 16.9. The molecular weight excluding hydrogens is 342 g/mol. The second kappa shape index (κ2) is 7.12. The molecule has 7 heteroatoms. The molecule has 2 atom stereocenters. The number of aromatic nitrogens is 1. The highest BCUT2D eigenvalue weighted by atomic mass is 32.3. The van der Waals surface area contributed by atoms with Gasteiger partial charge in [0.15, 0.2) is 15.3 Å². The van der Waals surface area contributed by atoms with Gasteiger partial charge < -0.3 is 9.87 Å². The van der Waals surface area contributed by atoms with E-state index in [4.69, 9.17) is 0 Å². The maximum Gasteiger partial charge on any atom is 0.225 e.